The van der Waals surface area contributed by atoms with Crippen LogP contribution in [0.15, 0.2) is 35.9 Å². The van der Waals surface area contributed by atoms with Crippen LogP contribution in [0.1, 0.15) is 31.9 Å². The second-order valence-electron chi connectivity index (χ2n) is 5.58. The second-order valence-corrected chi connectivity index (χ2v) is 5.58. The van der Waals surface area contributed by atoms with Crippen molar-refractivity contribution in [1.82, 2.24) is 0 Å². The molecule has 1 N–H and O–H groups in total. The number of hydrogen-bond acceptors (Lipinski definition) is 5. The van der Waals surface area contributed by atoms with Gasteiger partial charge in [0.15, 0.2) is 0 Å². The second kappa shape index (κ2) is 11.2. The molecule has 1 aromatic rings. The van der Waals surface area contributed by atoms with Crippen LogP contribution < -0.4 is 4.74 Å². The number of hydrogen-bond donors (Lipinski definition) is 1. The number of aliphatic hydroxyl groups is 1. The monoisotopic (exact) mass is 324 g/mol. The van der Waals surface area contributed by atoms with Gasteiger partial charge in [0.2, 0.25) is 0 Å². The summed E-state index contributed by atoms with van der Waals surface area (Å²) in [6.07, 6.45) is 2.19. The van der Waals surface area contributed by atoms with Gasteiger partial charge in [-0.1, -0.05) is 30.7 Å². The Labute approximate surface area is 138 Å². The topological polar surface area (TPSA) is 57.2 Å². The van der Waals surface area contributed by atoms with Gasteiger partial charge in [-0.3, -0.25) is 0 Å². The summed E-state index contributed by atoms with van der Waals surface area (Å²) in [4.78, 5) is 0. The van der Waals surface area contributed by atoms with Crippen LogP contribution in [0.5, 0.6) is 5.75 Å². The maximum absolute atomic E-state index is 10.3. The Balaban J connectivity index is 2.38. The van der Waals surface area contributed by atoms with E-state index >= 15 is 0 Å². The summed E-state index contributed by atoms with van der Waals surface area (Å²) >= 11 is 0. The third kappa shape index (κ3) is 8.13. The quantitative estimate of drug-likeness (QED) is 0.384. The van der Waals surface area contributed by atoms with Crippen LogP contribution in [0.4, 0.5) is 0 Å². The Morgan fingerprint density at radius 2 is 1.83 bits per heavy atom. The standard InChI is InChI=1S/C18H28O5/c1-14(9-15(2)11-22-13-23-12-20-3)10-18(19)16-5-7-17(21-4)8-6-16/h5-9,15,18-19H,10-13H2,1-4H3/b14-9-/t15-,18+/m1/s1. The normalized spacial score (nSPS) is 14.6. The predicted octanol–water partition coefficient (Wildman–Crippen LogP) is 3.30. The molecule has 1 rings (SSSR count). The number of methoxy groups -OCH3 is 2. The average molecular weight is 324 g/mol. The van der Waals surface area contributed by atoms with Crippen molar-refractivity contribution in [1.29, 1.82) is 0 Å². The predicted molar refractivity (Wildman–Crippen MR) is 89.3 cm³/mol. The third-order valence-corrected chi connectivity index (χ3v) is 3.33. The van der Waals surface area contributed by atoms with Crippen LogP contribution in [0.3, 0.4) is 0 Å². The van der Waals surface area contributed by atoms with E-state index < -0.39 is 6.10 Å². The number of aliphatic hydroxyl groups excluding tert-OH is 1. The van der Waals surface area contributed by atoms with Crippen LogP contribution in [0.25, 0.3) is 0 Å². The smallest absolute Gasteiger partial charge is 0.149 e. The molecule has 5 nitrogen and oxygen atoms in total. The average Bonchev–Trinajstić information content (AvgIpc) is 2.54. The summed E-state index contributed by atoms with van der Waals surface area (Å²) in [6, 6.07) is 7.48. The molecule has 2 atom stereocenters. The molecule has 0 radical (unpaired) electrons. The molecule has 130 valence electrons. The van der Waals surface area contributed by atoms with Gasteiger partial charge in [0.05, 0.1) is 19.8 Å². The lowest BCUT2D eigenvalue weighted by molar-refractivity contribution is -0.123. The third-order valence-electron chi connectivity index (χ3n) is 3.33. The van der Waals surface area contributed by atoms with Crippen molar-refractivity contribution in [3.8, 4) is 5.75 Å². The van der Waals surface area contributed by atoms with Gasteiger partial charge in [-0.25, -0.2) is 0 Å². The minimum atomic E-state index is -0.518. The van der Waals surface area contributed by atoms with E-state index in [0.717, 1.165) is 16.9 Å². The molecule has 0 aliphatic carbocycles. The van der Waals surface area contributed by atoms with E-state index in [0.29, 0.717) is 13.0 Å². The van der Waals surface area contributed by atoms with Gasteiger partial charge in [0.25, 0.3) is 0 Å². The van der Waals surface area contributed by atoms with E-state index in [2.05, 4.69) is 13.0 Å². The van der Waals surface area contributed by atoms with Gasteiger partial charge in [-0.05, 0) is 37.0 Å². The van der Waals surface area contributed by atoms with Crippen molar-refractivity contribution >= 4 is 0 Å². The zero-order valence-corrected chi connectivity index (χ0v) is 14.5. The van der Waals surface area contributed by atoms with E-state index in [1.165, 1.54) is 0 Å². The molecule has 0 heterocycles. The zero-order chi connectivity index (χ0) is 17.1. The highest BCUT2D eigenvalue weighted by atomic mass is 16.7. The Morgan fingerprint density at radius 1 is 1.13 bits per heavy atom. The first-order valence-corrected chi connectivity index (χ1v) is 7.70. The lowest BCUT2D eigenvalue weighted by Gasteiger charge is -2.14. The molecule has 0 saturated carbocycles. The van der Waals surface area contributed by atoms with Crippen LogP contribution >= 0.6 is 0 Å². The fraction of sp³-hybridized carbons (Fsp3) is 0.556. The van der Waals surface area contributed by atoms with E-state index in [1.54, 1.807) is 14.2 Å². The first-order chi connectivity index (χ1) is 11.1. The molecule has 0 saturated heterocycles. The molecule has 0 spiro atoms. The van der Waals surface area contributed by atoms with Crippen molar-refractivity contribution < 1.29 is 24.1 Å². The highest BCUT2D eigenvalue weighted by Gasteiger charge is 2.09. The molecular weight excluding hydrogens is 296 g/mol. The molecule has 0 fully saturated rings. The van der Waals surface area contributed by atoms with Gasteiger partial charge >= 0.3 is 0 Å². The molecule has 0 unspecified atom stereocenters. The number of rotatable bonds is 11. The number of benzene rings is 1. The van der Waals surface area contributed by atoms with Gasteiger partial charge in [0, 0.05) is 7.11 Å². The fourth-order valence-electron chi connectivity index (χ4n) is 2.26. The SMILES string of the molecule is COCOCOC[C@H](C)/C=C(/C)C[C@H](O)c1ccc(OC)cc1. The van der Waals surface area contributed by atoms with Crippen LogP contribution in [-0.4, -0.2) is 39.5 Å². The van der Waals surface area contributed by atoms with E-state index in [9.17, 15) is 5.11 Å². The summed E-state index contributed by atoms with van der Waals surface area (Å²) in [5.74, 6) is 1.04. The van der Waals surface area contributed by atoms with Crippen LogP contribution in [0, 0.1) is 5.92 Å². The van der Waals surface area contributed by atoms with Crippen molar-refractivity contribution in [2.75, 3.05) is 34.4 Å². The van der Waals surface area contributed by atoms with Gasteiger partial charge < -0.3 is 24.1 Å². The van der Waals surface area contributed by atoms with Crippen LogP contribution in [-0.2, 0) is 14.2 Å². The van der Waals surface area contributed by atoms with E-state index in [4.69, 9.17) is 18.9 Å². The van der Waals surface area contributed by atoms with Crippen molar-refractivity contribution in [2.45, 2.75) is 26.4 Å². The summed E-state index contributed by atoms with van der Waals surface area (Å²) < 4.78 is 20.3. The minimum absolute atomic E-state index is 0.222. The van der Waals surface area contributed by atoms with Crippen molar-refractivity contribution in [3.63, 3.8) is 0 Å². The largest absolute Gasteiger partial charge is 0.497 e. The van der Waals surface area contributed by atoms with E-state index in [1.807, 2.05) is 31.2 Å². The molecule has 0 aliphatic heterocycles. The fourth-order valence-corrected chi connectivity index (χ4v) is 2.26. The Hall–Kier alpha value is -1.40. The maximum Gasteiger partial charge on any atom is 0.149 e. The first kappa shape index (κ1) is 19.6. The highest BCUT2D eigenvalue weighted by molar-refractivity contribution is 5.29. The van der Waals surface area contributed by atoms with E-state index in [-0.39, 0.29) is 19.5 Å². The Bertz CT molecular complexity index is 455. The van der Waals surface area contributed by atoms with Crippen molar-refractivity contribution in [3.05, 3.63) is 41.5 Å². The lowest BCUT2D eigenvalue weighted by Crippen LogP contribution is -2.09. The molecule has 0 aromatic heterocycles. The molecule has 1 aromatic carbocycles. The minimum Gasteiger partial charge on any atom is -0.497 e. The highest BCUT2D eigenvalue weighted by Crippen LogP contribution is 2.23. The molecule has 23 heavy (non-hydrogen) atoms. The van der Waals surface area contributed by atoms with Crippen LogP contribution in [0.2, 0.25) is 0 Å². The lowest BCUT2D eigenvalue weighted by atomic mass is 9.99. The number of ether oxygens (including phenoxy) is 4. The molecule has 0 aliphatic rings. The van der Waals surface area contributed by atoms with Gasteiger partial charge in [-0.2, -0.15) is 0 Å². The summed E-state index contributed by atoms with van der Waals surface area (Å²) in [7, 11) is 3.20. The summed E-state index contributed by atoms with van der Waals surface area (Å²) in [6.45, 7) is 5.11. The van der Waals surface area contributed by atoms with Crippen molar-refractivity contribution in [2.24, 2.45) is 5.92 Å². The Kier molecular flexibility index (Phi) is 9.55. The Morgan fingerprint density at radius 3 is 2.43 bits per heavy atom. The van der Waals surface area contributed by atoms with Gasteiger partial charge in [0.1, 0.15) is 19.3 Å². The summed E-state index contributed by atoms with van der Waals surface area (Å²) in [5.41, 5.74) is 2.01. The van der Waals surface area contributed by atoms with Gasteiger partial charge in [-0.15, -0.1) is 0 Å². The molecule has 0 bridgehead atoms. The first-order valence-electron chi connectivity index (χ1n) is 7.70. The molecule has 5 heteroatoms. The molecular formula is C18H28O5. The summed E-state index contributed by atoms with van der Waals surface area (Å²) in [5, 5.41) is 10.3. The maximum atomic E-state index is 10.3. The zero-order valence-electron chi connectivity index (χ0n) is 14.5. The molecule has 0 amide bonds.